The van der Waals surface area contributed by atoms with Crippen molar-refractivity contribution >= 4 is 33.8 Å². The molecular weight excluding hydrogens is 428 g/mol. The van der Waals surface area contributed by atoms with Gasteiger partial charge in [-0.15, -0.1) is 11.8 Å². The molecule has 0 aromatic carbocycles. The Hall–Kier alpha value is -2.11. The first kappa shape index (κ1) is 22.6. The van der Waals surface area contributed by atoms with E-state index < -0.39 is 16.0 Å². The first-order chi connectivity index (χ1) is 14.4. The topological polar surface area (TPSA) is 118 Å². The normalized spacial score (nSPS) is 18.4. The van der Waals surface area contributed by atoms with E-state index in [1.54, 1.807) is 19.1 Å². The molecule has 0 radical (unpaired) electrons. The largest absolute Gasteiger partial charge is 0.463 e. The molecule has 0 saturated carbocycles. The van der Waals surface area contributed by atoms with Crippen molar-refractivity contribution in [2.24, 2.45) is 0 Å². The highest BCUT2D eigenvalue weighted by Gasteiger charge is 2.26. The number of carbonyl (C=O) groups is 2. The summed E-state index contributed by atoms with van der Waals surface area (Å²) in [6, 6.07) is 2.81. The Kier molecular flexibility index (Phi) is 7.73. The maximum atomic E-state index is 12.8. The summed E-state index contributed by atoms with van der Waals surface area (Å²) in [4.78, 5) is 28.2. The number of thioether (sulfide) groups is 1. The molecule has 1 aromatic heterocycles. The number of pyridine rings is 1. The van der Waals surface area contributed by atoms with Crippen LogP contribution in [0.3, 0.4) is 0 Å². The average Bonchev–Trinajstić information content (AvgIpc) is 3.03. The third-order valence-corrected chi connectivity index (χ3v) is 7.71. The SMILES string of the molecule is CCOC(=O)C1=C(CSc2ccc(S(=O)(=O)N3CCCCCC3)cn2)NC(=O)NC1. The highest BCUT2D eigenvalue weighted by atomic mass is 32.2. The predicted octanol–water partition coefficient (Wildman–Crippen LogP) is 1.87. The molecule has 2 amide bonds. The van der Waals surface area contributed by atoms with E-state index in [1.807, 2.05) is 0 Å². The lowest BCUT2D eigenvalue weighted by Crippen LogP contribution is -2.44. The molecule has 3 heterocycles. The van der Waals surface area contributed by atoms with Gasteiger partial charge in [0.1, 0.15) is 4.90 Å². The predicted molar refractivity (Wildman–Crippen MR) is 112 cm³/mol. The molecule has 1 saturated heterocycles. The highest BCUT2D eigenvalue weighted by molar-refractivity contribution is 7.99. The quantitative estimate of drug-likeness (QED) is 0.477. The monoisotopic (exact) mass is 454 g/mol. The zero-order valence-corrected chi connectivity index (χ0v) is 18.5. The van der Waals surface area contributed by atoms with E-state index in [-0.39, 0.29) is 24.1 Å². The molecule has 3 rings (SSSR count). The second-order valence-electron chi connectivity index (χ2n) is 6.92. The molecule has 0 aliphatic carbocycles. The number of urea groups is 1. The molecule has 11 heteroatoms. The van der Waals surface area contributed by atoms with E-state index in [9.17, 15) is 18.0 Å². The Bertz CT molecular complexity index is 907. The van der Waals surface area contributed by atoms with Crippen molar-refractivity contribution < 1.29 is 22.7 Å². The van der Waals surface area contributed by atoms with Crippen LogP contribution in [0.4, 0.5) is 4.79 Å². The maximum absolute atomic E-state index is 12.8. The molecule has 0 bridgehead atoms. The fourth-order valence-electron chi connectivity index (χ4n) is 3.25. The Labute approximate surface area is 180 Å². The minimum atomic E-state index is -3.55. The van der Waals surface area contributed by atoms with Crippen molar-refractivity contribution in [3.8, 4) is 0 Å². The van der Waals surface area contributed by atoms with E-state index in [2.05, 4.69) is 15.6 Å². The number of rotatable bonds is 7. The lowest BCUT2D eigenvalue weighted by molar-refractivity contribution is -0.138. The van der Waals surface area contributed by atoms with Crippen LogP contribution in [0.5, 0.6) is 0 Å². The number of ether oxygens (including phenoxy) is 1. The Morgan fingerprint density at radius 3 is 2.60 bits per heavy atom. The Morgan fingerprint density at radius 1 is 1.23 bits per heavy atom. The van der Waals surface area contributed by atoms with Crippen LogP contribution in [0.15, 0.2) is 39.5 Å². The van der Waals surface area contributed by atoms with Gasteiger partial charge in [-0.3, -0.25) is 0 Å². The molecule has 2 N–H and O–H groups in total. The number of sulfonamides is 1. The van der Waals surface area contributed by atoms with Gasteiger partial charge in [-0.1, -0.05) is 12.8 Å². The van der Waals surface area contributed by atoms with Crippen LogP contribution in [0.2, 0.25) is 0 Å². The van der Waals surface area contributed by atoms with E-state index in [0.29, 0.717) is 35.1 Å². The number of carbonyl (C=O) groups excluding carboxylic acids is 2. The van der Waals surface area contributed by atoms with Crippen molar-refractivity contribution in [3.63, 3.8) is 0 Å². The van der Waals surface area contributed by atoms with Gasteiger partial charge in [0.15, 0.2) is 0 Å². The van der Waals surface area contributed by atoms with Crippen LogP contribution in [0.1, 0.15) is 32.6 Å². The average molecular weight is 455 g/mol. The van der Waals surface area contributed by atoms with Crippen LogP contribution in [0.25, 0.3) is 0 Å². The molecule has 0 spiro atoms. The Morgan fingerprint density at radius 2 is 1.97 bits per heavy atom. The van der Waals surface area contributed by atoms with Gasteiger partial charge >= 0.3 is 12.0 Å². The molecule has 30 heavy (non-hydrogen) atoms. The third-order valence-electron chi connectivity index (χ3n) is 4.85. The third kappa shape index (κ3) is 5.52. The number of amides is 2. The molecule has 1 fully saturated rings. The van der Waals surface area contributed by atoms with Gasteiger partial charge in [-0.05, 0) is 31.9 Å². The zero-order valence-electron chi connectivity index (χ0n) is 16.8. The highest BCUT2D eigenvalue weighted by Crippen LogP contribution is 2.24. The number of nitrogens with zero attached hydrogens (tertiary/aromatic N) is 2. The van der Waals surface area contributed by atoms with Gasteiger partial charge in [0.05, 0.1) is 23.8 Å². The molecule has 2 aliphatic rings. The summed E-state index contributed by atoms with van der Waals surface area (Å²) in [7, 11) is -3.55. The van der Waals surface area contributed by atoms with Crippen LogP contribution in [-0.2, 0) is 19.6 Å². The summed E-state index contributed by atoms with van der Waals surface area (Å²) in [6.07, 6.45) is 5.22. The lowest BCUT2D eigenvalue weighted by Gasteiger charge is -2.21. The van der Waals surface area contributed by atoms with Gasteiger partial charge in [0.2, 0.25) is 10.0 Å². The van der Waals surface area contributed by atoms with E-state index in [0.717, 1.165) is 25.7 Å². The summed E-state index contributed by atoms with van der Waals surface area (Å²) in [5.41, 5.74) is 0.828. The van der Waals surface area contributed by atoms with Crippen LogP contribution < -0.4 is 10.6 Å². The standard InChI is InChI=1S/C19H26N4O5S2/c1-2-28-18(24)15-12-21-19(25)22-16(15)13-29-17-8-7-14(11-20-17)30(26,27)23-9-5-3-4-6-10-23/h7-8,11H,2-6,9-10,12-13H2,1H3,(H2,21,22,25). The Balaban J connectivity index is 1.69. The molecular formula is C19H26N4O5S2. The fourth-order valence-corrected chi connectivity index (χ4v) is 5.54. The smallest absolute Gasteiger partial charge is 0.337 e. The van der Waals surface area contributed by atoms with Crippen molar-refractivity contribution in [3.05, 3.63) is 29.6 Å². The van der Waals surface area contributed by atoms with Crippen LogP contribution in [-0.4, -0.2) is 61.7 Å². The summed E-state index contributed by atoms with van der Waals surface area (Å²) in [6.45, 7) is 3.13. The van der Waals surface area contributed by atoms with Crippen LogP contribution in [0, 0.1) is 0 Å². The summed E-state index contributed by atoms with van der Waals surface area (Å²) in [5.74, 6) is -0.181. The summed E-state index contributed by atoms with van der Waals surface area (Å²) in [5, 5.41) is 5.78. The van der Waals surface area contributed by atoms with Gasteiger partial charge in [0.25, 0.3) is 0 Å². The molecule has 1 aromatic rings. The van der Waals surface area contributed by atoms with Crippen molar-refractivity contribution in [1.29, 1.82) is 0 Å². The maximum Gasteiger partial charge on any atom is 0.337 e. The number of esters is 1. The second-order valence-corrected chi connectivity index (χ2v) is 9.86. The molecule has 9 nitrogen and oxygen atoms in total. The first-order valence-corrected chi connectivity index (χ1v) is 12.4. The first-order valence-electron chi connectivity index (χ1n) is 9.95. The minimum Gasteiger partial charge on any atom is -0.463 e. The molecule has 0 atom stereocenters. The van der Waals surface area contributed by atoms with Gasteiger partial charge in [-0.25, -0.2) is 23.0 Å². The fraction of sp³-hybridized carbons (Fsp3) is 0.526. The zero-order chi connectivity index (χ0) is 21.6. The van der Waals surface area contributed by atoms with Crippen molar-refractivity contribution in [1.82, 2.24) is 19.9 Å². The number of aromatic nitrogens is 1. The van der Waals surface area contributed by atoms with Crippen LogP contribution >= 0.6 is 11.8 Å². The molecule has 164 valence electrons. The number of hydrogen-bond acceptors (Lipinski definition) is 7. The van der Waals surface area contributed by atoms with Gasteiger partial charge in [0, 0.05) is 30.7 Å². The van der Waals surface area contributed by atoms with Crippen molar-refractivity contribution in [2.45, 2.75) is 42.5 Å². The number of nitrogens with one attached hydrogen (secondary N) is 2. The van der Waals surface area contributed by atoms with E-state index in [1.165, 1.54) is 22.3 Å². The number of hydrogen-bond donors (Lipinski definition) is 2. The minimum absolute atomic E-state index is 0.0982. The van der Waals surface area contributed by atoms with E-state index >= 15 is 0 Å². The summed E-state index contributed by atoms with van der Waals surface area (Å²) >= 11 is 1.30. The second kappa shape index (κ2) is 10.3. The lowest BCUT2D eigenvalue weighted by atomic mass is 10.2. The van der Waals surface area contributed by atoms with Gasteiger partial charge in [-0.2, -0.15) is 4.31 Å². The van der Waals surface area contributed by atoms with Gasteiger partial charge < -0.3 is 15.4 Å². The molecule has 0 unspecified atom stereocenters. The van der Waals surface area contributed by atoms with E-state index in [4.69, 9.17) is 4.74 Å². The molecule has 2 aliphatic heterocycles. The summed E-state index contributed by atoms with van der Waals surface area (Å²) < 4.78 is 32.2. The van der Waals surface area contributed by atoms with Crippen molar-refractivity contribution in [2.75, 3.05) is 32.0 Å².